The average Bonchev–Trinajstić information content (AvgIpc) is 2.28. The van der Waals surface area contributed by atoms with Crippen molar-refractivity contribution >= 4 is 17.0 Å². The molecule has 0 fully saturated rings. The van der Waals surface area contributed by atoms with Crippen molar-refractivity contribution in [1.82, 2.24) is 4.90 Å². The van der Waals surface area contributed by atoms with Gasteiger partial charge in [-0.05, 0) is 39.1 Å². The summed E-state index contributed by atoms with van der Waals surface area (Å²) in [6.45, 7) is 9.15. The second-order valence-corrected chi connectivity index (χ2v) is 4.96. The fraction of sp³-hybridized carbons (Fsp3) is 0.438. The van der Waals surface area contributed by atoms with E-state index in [9.17, 15) is 0 Å². The molecule has 0 unspecified atom stereocenters. The first-order valence-electron chi connectivity index (χ1n) is 6.50. The maximum Gasteiger partial charge on any atom is 0.0704 e. The van der Waals surface area contributed by atoms with E-state index in [4.69, 9.17) is 4.99 Å². The Kier molecular flexibility index (Phi) is 5.79. The maximum atomic E-state index is 4.82. The molecule has 0 saturated heterocycles. The molecule has 0 aromatic heterocycles. The number of hydrogen-bond acceptors (Lipinski definition) is 2. The van der Waals surface area contributed by atoms with Gasteiger partial charge in [0.15, 0.2) is 0 Å². The highest BCUT2D eigenvalue weighted by Crippen LogP contribution is 2.25. The number of para-hydroxylation sites is 1. The SMILES string of the molecule is C=C(C)c1ccccc1N=C(CCC)CN(C)C. The third-order valence-corrected chi connectivity index (χ3v) is 2.68. The van der Waals surface area contributed by atoms with Crippen LogP contribution in [-0.4, -0.2) is 31.3 Å². The molecule has 0 heterocycles. The lowest BCUT2D eigenvalue weighted by molar-refractivity contribution is 0.466. The molecule has 0 bridgehead atoms. The normalized spacial score (nSPS) is 11.9. The summed E-state index contributed by atoms with van der Waals surface area (Å²) in [5.74, 6) is 0. The summed E-state index contributed by atoms with van der Waals surface area (Å²) in [4.78, 5) is 6.99. The Morgan fingerprint density at radius 2 is 1.94 bits per heavy atom. The van der Waals surface area contributed by atoms with Gasteiger partial charge in [0.1, 0.15) is 0 Å². The van der Waals surface area contributed by atoms with Crippen LogP contribution in [0.3, 0.4) is 0 Å². The number of benzene rings is 1. The summed E-state index contributed by atoms with van der Waals surface area (Å²) in [6, 6.07) is 8.22. The summed E-state index contributed by atoms with van der Waals surface area (Å²) >= 11 is 0. The molecule has 0 N–H and O–H groups in total. The number of hydrogen-bond donors (Lipinski definition) is 0. The third kappa shape index (κ3) is 4.46. The van der Waals surface area contributed by atoms with Gasteiger partial charge >= 0.3 is 0 Å². The summed E-state index contributed by atoms with van der Waals surface area (Å²) in [6.07, 6.45) is 2.17. The second kappa shape index (κ2) is 7.12. The van der Waals surface area contributed by atoms with Gasteiger partial charge in [-0.2, -0.15) is 0 Å². The number of nitrogens with zero attached hydrogens (tertiary/aromatic N) is 2. The molecular formula is C16H24N2. The number of rotatable bonds is 6. The molecule has 18 heavy (non-hydrogen) atoms. The Labute approximate surface area is 111 Å². The molecule has 2 nitrogen and oxygen atoms in total. The molecule has 0 saturated carbocycles. The first-order chi connectivity index (χ1) is 8.54. The Balaban J connectivity index is 3.06. The van der Waals surface area contributed by atoms with E-state index >= 15 is 0 Å². The molecule has 0 aliphatic heterocycles. The number of aliphatic imine (C=N–C) groups is 1. The highest BCUT2D eigenvalue weighted by molar-refractivity contribution is 5.90. The molecule has 0 atom stereocenters. The first kappa shape index (κ1) is 14.7. The van der Waals surface area contributed by atoms with Crippen molar-refractivity contribution in [1.29, 1.82) is 0 Å². The zero-order valence-electron chi connectivity index (χ0n) is 12.0. The van der Waals surface area contributed by atoms with Crippen LogP contribution >= 0.6 is 0 Å². The second-order valence-electron chi connectivity index (χ2n) is 4.96. The average molecular weight is 244 g/mol. The summed E-state index contributed by atoms with van der Waals surface area (Å²) in [5.41, 5.74) is 4.48. The van der Waals surface area contributed by atoms with E-state index in [-0.39, 0.29) is 0 Å². The molecule has 0 spiro atoms. The van der Waals surface area contributed by atoms with Crippen molar-refractivity contribution < 1.29 is 0 Å². The molecule has 1 rings (SSSR count). The standard InChI is InChI=1S/C16H24N2/c1-6-9-14(12-18(4)5)17-16-11-8-7-10-15(16)13(2)3/h7-8,10-11H,2,6,9,12H2,1,3-5H3. The van der Waals surface area contributed by atoms with E-state index < -0.39 is 0 Å². The van der Waals surface area contributed by atoms with Crippen LogP contribution < -0.4 is 0 Å². The quantitative estimate of drug-likeness (QED) is 0.686. The van der Waals surface area contributed by atoms with E-state index in [1.54, 1.807) is 0 Å². The number of allylic oxidation sites excluding steroid dienone is 1. The van der Waals surface area contributed by atoms with Crippen LogP contribution in [0.2, 0.25) is 0 Å². The van der Waals surface area contributed by atoms with E-state index in [0.29, 0.717) is 0 Å². The largest absolute Gasteiger partial charge is 0.304 e. The van der Waals surface area contributed by atoms with Crippen molar-refractivity contribution in [3.05, 3.63) is 36.4 Å². The molecule has 2 heteroatoms. The van der Waals surface area contributed by atoms with Gasteiger partial charge in [-0.1, -0.05) is 38.1 Å². The van der Waals surface area contributed by atoms with Crippen LogP contribution in [0.4, 0.5) is 5.69 Å². The van der Waals surface area contributed by atoms with Crippen LogP contribution in [0, 0.1) is 0 Å². The van der Waals surface area contributed by atoms with Crippen LogP contribution in [0.15, 0.2) is 35.8 Å². The highest BCUT2D eigenvalue weighted by atomic mass is 15.1. The monoisotopic (exact) mass is 244 g/mol. The van der Waals surface area contributed by atoms with Gasteiger partial charge in [-0.3, -0.25) is 4.99 Å². The van der Waals surface area contributed by atoms with Gasteiger partial charge in [0.2, 0.25) is 0 Å². The Morgan fingerprint density at radius 3 is 2.50 bits per heavy atom. The molecule has 0 aliphatic rings. The minimum Gasteiger partial charge on any atom is -0.304 e. The van der Waals surface area contributed by atoms with E-state index in [1.807, 2.05) is 19.1 Å². The van der Waals surface area contributed by atoms with E-state index in [0.717, 1.165) is 36.2 Å². The molecule has 0 aliphatic carbocycles. The highest BCUT2D eigenvalue weighted by Gasteiger charge is 2.04. The van der Waals surface area contributed by atoms with Crippen molar-refractivity contribution in [3.8, 4) is 0 Å². The molecule has 1 aromatic carbocycles. The van der Waals surface area contributed by atoms with Crippen molar-refractivity contribution in [2.45, 2.75) is 26.7 Å². The zero-order valence-corrected chi connectivity index (χ0v) is 12.0. The molecular weight excluding hydrogens is 220 g/mol. The van der Waals surface area contributed by atoms with Gasteiger partial charge in [-0.25, -0.2) is 0 Å². The summed E-state index contributed by atoms with van der Waals surface area (Å²) in [5, 5.41) is 0. The lowest BCUT2D eigenvalue weighted by atomic mass is 10.1. The lowest BCUT2D eigenvalue weighted by Crippen LogP contribution is -2.21. The summed E-state index contributed by atoms with van der Waals surface area (Å²) < 4.78 is 0. The van der Waals surface area contributed by atoms with Gasteiger partial charge in [0, 0.05) is 17.8 Å². The Hall–Kier alpha value is -1.41. The predicted octanol–water partition coefficient (Wildman–Crippen LogP) is 4.15. The first-order valence-corrected chi connectivity index (χ1v) is 6.50. The van der Waals surface area contributed by atoms with Gasteiger partial charge in [-0.15, -0.1) is 0 Å². The van der Waals surface area contributed by atoms with E-state index in [2.05, 4.69) is 44.6 Å². The van der Waals surface area contributed by atoms with Crippen LogP contribution in [0.1, 0.15) is 32.3 Å². The van der Waals surface area contributed by atoms with Crippen molar-refractivity contribution in [2.75, 3.05) is 20.6 Å². The van der Waals surface area contributed by atoms with Crippen molar-refractivity contribution in [3.63, 3.8) is 0 Å². The molecule has 98 valence electrons. The van der Waals surface area contributed by atoms with Crippen LogP contribution in [0.25, 0.3) is 5.57 Å². The third-order valence-electron chi connectivity index (χ3n) is 2.68. The van der Waals surface area contributed by atoms with Crippen LogP contribution in [0.5, 0.6) is 0 Å². The predicted molar refractivity (Wildman–Crippen MR) is 81.7 cm³/mol. The smallest absolute Gasteiger partial charge is 0.0704 e. The molecule has 0 radical (unpaired) electrons. The Morgan fingerprint density at radius 1 is 1.28 bits per heavy atom. The zero-order chi connectivity index (χ0) is 13.5. The van der Waals surface area contributed by atoms with Crippen LogP contribution in [-0.2, 0) is 0 Å². The fourth-order valence-electron chi connectivity index (χ4n) is 1.93. The Bertz CT molecular complexity index is 430. The minimum atomic E-state index is 0.915. The lowest BCUT2D eigenvalue weighted by Gasteiger charge is -2.13. The van der Waals surface area contributed by atoms with Gasteiger partial charge < -0.3 is 4.90 Å². The van der Waals surface area contributed by atoms with Crippen molar-refractivity contribution in [2.24, 2.45) is 4.99 Å². The molecule has 0 amide bonds. The van der Waals surface area contributed by atoms with E-state index in [1.165, 1.54) is 5.71 Å². The minimum absolute atomic E-state index is 0.915. The molecule has 1 aromatic rings. The topological polar surface area (TPSA) is 15.6 Å². The van der Waals surface area contributed by atoms with Gasteiger partial charge in [0.05, 0.1) is 5.69 Å². The van der Waals surface area contributed by atoms with Gasteiger partial charge in [0.25, 0.3) is 0 Å². The summed E-state index contributed by atoms with van der Waals surface area (Å²) in [7, 11) is 4.16. The fourth-order valence-corrected chi connectivity index (χ4v) is 1.93. The maximum absolute atomic E-state index is 4.82.